The van der Waals surface area contributed by atoms with Gasteiger partial charge in [-0.15, -0.1) is 0 Å². The topological polar surface area (TPSA) is 46.6 Å². The molecule has 1 heterocycles. The zero-order valence-electron chi connectivity index (χ0n) is 15.2. The highest BCUT2D eigenvalue weighted by Crippen LogP contribution is 2.28. The summed E-state index contributed by atoms with van der Waals surface area (Å²) < 4.78 is 5.56. The Kier molecular flexibility index (Phi) is 4.63. The van der Waals surface area contributed by atoms with Crippen LogP contribution in [0.25, 0.3) is 10.8 Å². The predicted molar refractivity (Wildman–Crippen MR) is 106 cm³/mol. The molecular weight excluding hydrogens is 338 g/mol. The lowest BCUT2D eigenvalue weighted by Gasteiger charge is -2.17. The number of aryl methyl sites for hydroxylation is 1. The number of esters is 1. The summed E-state index contributed by atoms with van der Waals surface area (Å²) in [7, 11) is 0. The molecule has 1 aliphatic heterocycles. The van der Waals surface area contributed by atoms with Gasteiger partial charge in [-0.25, -0.2) is 0 Å². The van der Waals surface area contributed by atoms with Gasteiger partial charge in [0, 0.05) is 18.7 Å². The minimum atomic E-state index is -0.449. The van der Waals surface area contributed by atoms with Gasteiger partial charge >= 0.3 is 5.97 Å². The normalized spacial score (nSPS) is 16.7. The molecule has 1 saturated heterocycles. The van der Waals surface area contributed by atoms with E-state index in [1.807, 2.05) is 60.7 Å². The first kappa shape index (κ1) is 17.3. The molecule has 1 amide bonds. The Morgan fingerprint density at radius 2 is 1.78 bits per heavy atom. The van der Waals surface area contributed by atoms with E-state index in [-0.39, 0.29) is 18.3 Å². The van der Waals surface area contributed by atoms with Gasteiger partial charge < -0.3 is 9.64 Å². The summed E-state index contributed by atoms with van der Waals surface area (Å²) in [6, 6.07) is 21.4. The third-order valence-corrected chi connectivity index (χ3v) is 5.05. The molecule has 4 nitrogen and oxygen atoms in total. The number of nitrogens with zero attached hydrogens (tertiary/aromatic N) is 1. The van der Waals surface area contributed by atoms with Crippen LogP contribution < -0.4 is 9.64 Å². The molecule has 3 aromatic rings. The number of anilines is 1. The molecular formula is C23H21NO3. The summed E-state index contributed by atoms with van der Waals surface area (Å²) in [6.07, 6.45) is 1.14. The van der Waals surface area contributed by atoms with Crippen molar-refractivity contribution in [1.29, 1.82) is 0 Å². The van der Waals surface area contributed by atoms with Gasteiger partial charge in [0.25, 0.3) is 0 Å². The maximum absolute atomic E-state index is 12.6. The number of benzene rings is 3. The van der Waals surface area contributed by atoms with Gasteiger partial charge in [0.2, 0.25) is 5.91 Å². The van der Waals surface area contributed by atoms with Crippen molar-refractivity contribution >= 4 is 28.3 Å². The number of fused-ring (bicyclic) bond motifs is 1. The first-order valence-corrected chi connectivity index (χ1v) is 9.24. The second-order valence-electron chi connectivity index (χ2n) is 6.86. The van der Waals surface area contributed by atoms with Gasteiger partial charge in [0.1, 0.15) is 5.75 Å². The van der Waals surface area contributed by atoms with E-state index in [9.17, 15) is 9.59 Å². The lowest BCUT2D eigenvalue weighted by molar-refractivity contribution is -0.139. The van der Waals surface area contributed by atoms with Crippen LogP contribution in [-0.2, 0) is 16.0 Å². The standard InChI is InChI=1S/C23H21NO3/c1-2-16-7-10-20(11-8-16)24-15-19(14-22(24)25)23(26)27-21-12-9-17-5-3-4-6-18(17)13-21/h3-13,19H,2,14-15H2,1H3. The van der Waals surface area contributed by atoms with Crippen molar-refractivity contribution in [3.63, 3.8) is 0 Å². The van der Waals surface area contributed by atoms with Gasteiger partial charge in [-0.1, -0.05) is 49.4 Å². The highest BCUT2D eigenvalue weighted by molar-refractivity contribution is 5.99. The predicted octanol–water partition coefficient (Wildman–Crippen LogP) is 4.36. The molecule has 1 aliphatic rings. The molecule has 0 bridgehead atoms. The maximum Gasteiger partial charge on any atom is 0.316 e. The molecule has 0 saturated carbocycles. The fourth-order valence-electron chi connectivity index (χ4n) is 3.46. The van der Waals surface area contributed by atoms with E-state index in [1.165, 1.54) is 5.56 Å². The number of rotatable bonds is 4. The monoisotopic (exact) mass is 359 g/mol. The summed E-state index contributed by atoms with van der Waals surface area (Å²) in [5, 5.41) is 2.11. The van der Waals surface area contributed by atoms with E-state index in [0.29, 0.717) is 12.3 Å². The first-order valence-electron chi connectivity index (χ1n) is 9.24. The molecule has 0 spiro atoms. The Balaban J connectivity index is 1.46. The fraction of sp³-hybridized carbons (Fsp3) is 0.217. The van der Waals surface area contributed by atoms with Gasteiger partial charge in [-0.2, -0.15) is 0 Å². The zero-order chi connectivity index (χ0) is 18.8. The molecule has 0 aliphatic carbocycles. The van der Waals surface area contributed by atoms with Crippen LogP contribution in [0.4, 0.5) is 5.69 Å². The Labute approximate surface area is 158 Å². The van der Waals surface area contributed by atoms with Gasteiger partial charge in [-0.3, -0.25) is 9.59 Å². The van der Waals surface area contributed by atoms with Crippen molar-refractivity contribution in [1.82, 2.24) is 0 Å². The number of carbonyl (C=O) groups is 2. The number of hydrogen-bond donors (Lipinski definition) is 0. The summed E-state index contributed by atoms with van der Waals surface area (Å²) in [4.78, 5) is 26.6. The quantitative estimate of drug-likeness (QED) is 0.514. The molecule has 4 rings (SSSR count). The molecule has 1 unspecified atom stereocenters. The van der Waals surface area contributed by atoms with Crippen molar-refractivity contribution in [3.05, 3.63) is 72.3 Å². The van der Waals surface area contributed by atoms with Crippen LogP contribution in [0.2, 0.25) is 0 Å². The van der Waals surface area contributed by atoms with E-state index in [0.717, 1.165) is 22.9 Å². The highest BCUT2D eigenvalue weighted by atomic mass is 16.5. The van der Waals surface area contributed by atoms with E-state index in [1.54, 1.807) is 11.0 Å². The molecule has 0 N–H and O–H groups in total. The van der Waals surface area contributed by atoms with Crippen LogP contribution in [0.15, 0.2) is 66.7 Å². The lowest BCUT2D eigenvalue weighted by atomic mass is 10.1. The van der Waals surface area contributed by atoms with E-state index in [4.69, 9.17) is 4.74 Å². The fourth-order valence-corrected chi connectivity index (χ4v) is 3.46. The minimum absolute atomic E-state index is 0.0419. The summed E-state index contributed by atoms with van der Waals surface area (Å²) in [5.41, 5.74) is 2.05. The Morgan fingerprint density at radius 1 is 1.04 bits per heavy atom. The molecule has 0 aromatic heterocycles. The zero-order valence-corrected chi connectivity index (χ0v) is 15.2. The summed E-state index contributed by atoms with van der Waals surface area (Å²) in [6.45, 7) is 2.45. The van der Waals surface area contributed by atoms with Crippen molar-refractivity contribution in [2.45, 2.75) is 19.8 Å². The summed E-state index contributed by atoms with van der Waals surface area (Å²) in [5.74, 6) is -0.335. The average Bonchev–Trinajstić information content (AvgIpc) is 3.10. The number of ether oxygens (including phenoxy) is 1. The van der Waals surface area contributed by atoms with E-state index >= 15 is 0 Å². The van der Waals surface area contributed by atoms with E-state index in [2.05, 4.69) is 6.92 Å². The number of amides is 1. The molecule has 1 fully saturated rings. The second-order valence-corrected chi connectivity index (χ2v) is 6.86. The molecule has 1 atom stereocenters. The van der Waals surface area contributed by atoms with Crippen molar-refractivity contribution in [2.24, 2.45) is 5.92 Å². The van der Waals surface area contributed by atoms with Crippen LogP contribution in [0.3, 0.4) is 0 Å². The van der Waals surface area contributed by atoms with Crippen molar-refractivity contribution in [3.8, 4) is 5.75 Å². The smallest absolute Gasteiger partial charge is 0.316 e. The SMILES string of the molecule is CCc1ccc(N2CC(C(=O)Oc3ccc4ccccc4c3)CC2=O)cc1. The first-order chi connectivity index (χ1) is 13.1. The molecule has 27 heavy (non-hydrogen) atoms. The largest absolute Gasteiger partial charge is 0.426 e. The highest BCUT2D eigenvalue weighted by Gasteiger charge is 2.36. The van der Waals surface area contributed by atoms with Gasteiger partial charge in [-0.05, 0) is 47.0 Å². The van der Waals surface area contributed by atoms with Crippen LogP contribution in [-0.4, -0.2) is 18.4 Å². The molecule has 3 aromatic carbocycles. The number of carbonyl (C=O) groups excluding carboxylic acids is 2. The van der Waals surface area contributed by atoms with E-state index < -0.39 is 5.92 Å². The number of hydrogen-bond acceptors (Lipinski definition) is 3. The third kappa shape index (κ3) is 3.56. The second kappa shape index (κ2) is 7.23. The van der Waals surface area contributed by atoms with Crippen LogP contribution in [0, 0.1) is 5.92 Å². The van der Waals surface area contributed by atoms with Crippen LogP contribution in [0.1, 0.15) is 18.9 Å². The molecule has 136 valence electrons. The average molecular weight is 359 g/mol. The maximum atomic E-state index is 12.6. The Bertz CT molecular complexity index is 994. The Hall–Kier alpha value is -3.14. The third-order valence-electron chi connectivity index (χ3n) is 5.05. The van der Waals surface area contributed by atoms with Crippen LogP contribution in [0.5, 0.6) is 5.75 Å². The van der Waals surface area contributed by atoms with Gasteiger partial charge in [0.15, 0.2) is 0 Å². The van der Waals surface area contributed by atoms with Gasteiger partial charge in [0.05, 0.1) is 5.92 Å². The van der Waals surface area contributed by atoms with Crippen molar-refractivity contribution < 1.29 is 14.3 Å². The lowest BCUT2D eigenvalue weighted by Crippen LogP contribution is -2.27. The summed E-state index contributed by atoms with van der Waals surface area (Å²) >= 11 is 0. The minimum Gasteiger partial charge on any atom is -0.426 e. The van der Waals surface area contributed by atoms with Crippen LogP contribution >= 0.6 is 0 Å². The Morgan fingerprint density at radius 3 is 2.52 bits per heavy atom. The molecule has 0 radical (unpaired) electrons. The molecule has 4 heteroatoms. The van der Waals surface area contributed by atoms with Crippen molar-refractivity contribution in [2.75, 3.05) is 11.4 Å².